The van der Waals surface area contributed by atoms with Crippen molar-refractivity contribution in [1.29, 1.82) is 0 Å². The Kier molecular flexibility index (Phi) is 9.82. The third kappa shape index (κ3) is 7.04. The molecular weight excluding hydrogens is 904 g/mol. The van der Waals surface area contributed by atoms with Gasteiger partial charge in [0, 0.05) is 59.1 Å². The van der Waals surface area contributed by atoms with Gasteiger partial charge in [0.1, 0.15) is 5.58 Å². The molecular formula is C68H67BN2OS. The molecule has 0 radical (unpaired) electrons. The van der Waals surface area contributed by atoms with Gasteiger partial charge >= 0.3 is 6.85 Å². The number of furan rings is 1. The maximum absolute atomic E-state index is 7.32. The second-order valence-corrected chi connectivity index (χ2v) is 27.2. The molecule has 0 N–H and O–H groups in total. The second-order valence-electron chi connectivity index (χ2n) is 26.1. The van der Waals surface area contributed by atoms with Gasteiger partial charge in [-0.05, 0) is 157 Å². The Morgan fingerprint density at radius 1 is 0.493 bits per heavy atom. The predicted molar refractivity (Wildman–Crippen MR) is 317 cm³/mol. The van der Waals surface area contributed by atoms with Crippen LogP contribution in [0.3, 0.4) is 0 Å². The molecule has 0 atom stereocenters. The number of fused-ring (bicyclic) bond motifs is 12. The van der Waals surface area contributed by atoms with Crippen LogP contribution in [-0.4, -0.2) is 6.85 Å². The van der Waals surface area contributed by atoms with E-state index in [-0.39, 0.29) is 33.9 Å². The zero-order valence-electron chi connectivity index (χ0n) is 45.1. The third-order valence-corrected chi connectivity index (χ3v) is 18.3. The molecule has 4 heterocycles. The molecule has 0 unspecified atom stereocenters. The van der Waals surface area contributed by atoms with Gasteiger partial charge in [-0.2, -0.15) is 0 Å². The lowest BCUT2D eigenvalue weighted by molar-refractivity contribution is 0.332. The molecule has 364 valence electrons. The Bertz CT molecular complexity index is 3920. The highest BCUT2D eigenvalue weighted by Crippen LogP contribution is 2.55. The first-order chi connectivity index (χ1) is 34.6. The van der Waals surface area contributed by atoms with E-state index < -0.39 is 0 Å². The van der Waals surface area contributed by atoms with Crippen LogP contribution in [0.25, 0.3) is 64.4 Å². The van der Waals surface area contributed by atoms with Crippen molar-refractivity contribution in [3.05, 3.63) is 173 Å². The Labute approximate surface area is 437 Å². The zero-order valence-corrected chi connectivity index (χ0v) is 45.9. The lowest BCUT2D eigenvalue weighted by Gasteiger charge is -2.46. The summed E-state index contributed by atoms with van der Waals surface area (Å²) in [7, 11) is 0. The van der Waals surface area contributed by atoms with Crippen molar-refractivity contribution in [3.63, 3.8) is 0 Å². The molecule has 8 aromatic carbocycles. The van der Waals surface area contributed by atoms with Crippen molar-refractivity contribution in [2.45, 2.75) is 130 Å². The van der Waals surface area contributed by atoms with Crippen LogP contribution in [-0.2, 0) is 27.1 Å². The van der Waals surface area contributed by atoms with E-state index in [1.54, 1.807) is 0 Å². The highest BCUT2D eigenvalue weighted by Gasteiger charge is 2.48. The van der Waals surface area contributed by atoms with Gasteiger partial charge in [0.2, 0.25) is 0 Å². The molecule has 1 aliphatic carbocycles. The summed E-state index contributed by atoms with van der Waals surface area (Å²) in [6, 6.07) is 56.5. The van der Waals surface area contributed by atoms with Gasteiger partial charge in [-0.15, -0.1) is 11.3 Å². The normalized spacial score (nSPS) is 16.0. The predicted octanol–water partition coefficient (Wildman–Crippen LogP) is 18.6. The number of hydrogen-bond donors (Lipinski definition) is 0. The van der Waals surface area contributed by atoms with Crippen LogP contribution >= 0.6 is 11.3 Å². The minimum absolute atomic E-state index is 0.00902. The lowest BCUT2D eigenvalue weighted by Crippen LogP contribution is -2.61. The van der Waals surface area contributed by atoms with Crippen molar-refractivity contribution in [1.82, 2.24) is 0 Å². The van der Waals surface area contributed by atoms with Gasteiger partial charge in [-0.1, -0.05) is 169 Å². The topological polar surface area (TPSA) is 19.6 Å². The summed E-state index contributed by atoms with van der Waals surface area (Å²) < 4.78 is 10.0. The molecule has 5 heteroatoms. The summed E-state index contributed by atoms with van der Waals surface area (Å²) in [5.41, 5.74) is 22.2. The summed E-state index contributed by atoms with van der Waals surface area (Å²) >= 11 is 1.97. The molecule has 2 aromatic heterocycles. The standard InChI is InChI=1S/C68H67BN2OS/c1-64(2,3)41-23-27-44(28-24-41)71-57-39-60-48(49-37-52-53(38-59(49)73-60)68(12,13)32-31-67(52,10)11)35-47(57)50-36-51-45-21-17-18-22-58(45)72-63(51)62-61(50)69(71)54-34-43(66(7,8)9)26-30-56(54)70(62)55-29-25-42(65(4,5)6)33-46(55)40-19-15-14-16-20-40/h14-30,33-39H,31-32H2,1-13H3. The third-order valence-electron chi connectivity index (χ3n) is 17.2. The monoisotopic (exact) mass is 971 g/mol. The smallest absolute Gasteiger partial charge is 0.333 e. The Hall–Kier alpha value is -6.56. The molecule has 73 heavy (non-hydrogen) atoms. The second kappa shape index (κ2) is 15.5. The summed E-state index contributed by atoms with van der Waals surface area (Å²) in [6.45, 7) is 30.6. The summed E-state index contributed by atoms with van der Waals surface area (Å²) in [5.74, 6) is 0. The molecule has 3 aliphatic rings. The fourth-order valence-electron chi connectivity index (χ4n) is 12.7. The largest absolute Gasteiger partial charge is 0.454 e. The van der Waals surface area contributed by atoms with Crippen molar-refractivity contribution >= 4 is 99.7 Å². The van der Waals surface area contributed by atoms with E-state index in [4.69, 9.17) is 4.42 Å². The Balaban J connectivity index is 1.20. The van der Waals surface area contributed by atoms with Crippen LogP contribution in [0.1, 0.15) is 131 Å². The number of thiophene rings is 1. The molecule has 0 spiro atoms. The van der Waals surface area contributed by atoms with E-state index in [2.05, 4.69) is 245 Å². The maximum atomic E-state index is 7.32. The van der Waals surface area contributed by atoms with Gasteiger partial charge in [0.25, 0.3) is 0 Å². The molecule has 10 aromatic rings. The highest BCUT2D eigenvalue weighted by atomic mass is 32.1. The van der Waals surface area contributed by atoms with Crippen molar-refractivity contribution < 1.29 is 4.42 Å². The molecule has 0 fully saturated rings. The number of nitrogens with zero attached hydrogens (tertiary/aromatic N) is 2. The van der Waals surface area contributed by atoms with E-state index in [1.807, 2.05) is 11.3 Å². The van der Waals surface area contributed by atoms with E-state index in [0.717, 1.165) is 33.3 Å². The maximum Gasteiger partial charge on any atom is 0.333 e. The van der Waals surface area contributed by atoms with Gasteiger partial charge < -0.3 is 14.1 Å². The average Bonchev–Trinajstić information content (AvgIpc) is 3.91. The van der Waals surface area contributed by atoms with E-state index in [9.17, 15) is 0 Å². The fraction of sp³-hybridized carbons (Fsp3) is 0.294. The van der Waals surface area contributed by atoms with Crippen molar-refractivity contribution in [3.8, 4) is 22.3 Å². The lowest BCUT2D eigenvalue weighted by atomic mass is 9.43. The minimum atomic E-state index is -0.182. The molecule has 0 saturated carbocycles. The summed E-state index contributed by atoms with van der Waals surface area (Å²) in [4.78, 5) is 5.30. The number of para-hydroxylation sites is 1. The van der Waals surface area contributed by atoms with Gasteiger partial charge in [0.05, 0.1) is 11.4 Å². The molecule has 3 nitrogen and oxygen atoms in total. The number of anilines is 5. The number of rotatable bonds is 3. The van der Waals surface area contributed by atoms with Crippen LogP contribution in [0, 0.1) is 0 Å². The van der Waals surface area contributed by atoms with E-state index in [1.165, 1.54) is 111 Å². The van der Waals surface area contributed by atoms with Crippen LogP contribution in [0.4, 0.5) is 28.4 Å². The van der Waals surface area contributed by atoms with Gasteiger partial charge in [0.15, 0.2) is 5.58 Å². The molecule has 0 amide bonds. The SMILES string of the molecule is CC(C)(C)c1ccc(N2B3c4cc(C(C)(C)C)ccc4N(c4ccc(C(C)(C)C)cc4-c4ccccc4)c4c3c(cc3c4oc4ccccc43)-c3cc4c(cc32)sc2cc3c(cc24)C(C)(C)CCC3(C)C)cc1. The average molecular weight is 971 g/mol. The van der Waals surface area contributed by atoms with Gasteiger partial charge in [-0.25, -0.2) is 0 Å². The molecule has 2 aliphatic heterocycles. The van der Waals surface area contributed by atoms with Crippen molar-refractivity contribution in [2.75, 3.05) is 9.71 Å². The molecule has 13 rings (SSSR count). The zero-order chi connectivity index (χ0) is 50.9. The van der Waals surface area contributed by atoms with Gasteiger partial charge in [-0.3, -0.25) is 0 Å². The Morgan fingerprint density at radius 2 is 1.07 bits per heavy atom. The van der Waals surface area contributed by atoms with Crippen molar-refractivity contribution in [2.24, 2.45) is 0 Å². The summed E-state index contributed by atoms with van der Waals surface area (Å²) in [5, 5.41) is 4.97. The van der Waals surface area contributed by atoms with Crippen LogP contribution in [0.15, 0.2) is 150 Å². The number of hydrogen-bond acceptors (Lipinski definition) is 4. The van der Waals surface area contributed by atoms with E-state index >= 15 is 0 Å². The van der Waals surface area contributed by atoms with Crippen LogP contribution < -0.4 is 20.6 Å². The van der Waals surface area contributed by atoms with E-state index in [0.29, 0.717) is 0 Å². The number of benzene rings is 8. The van der Waals surface area contributed by atoms with Crippen LogP contribution in [0.5, 0.6) is 0 Å². The first kappa shape index (κ1) is 46.2. The summed E-state index contributed by atoms with van der Waals surface area (Å²) in [6.07, 6.45) is 2.38. The Morgan fingerprint density at radius 3 is 1.75 bits per heavy atom. The molecule has 0 saturated heterocycles. The fourth-order valence-corrected chi connectivity index (χ4v) is 13.8. The highest BCUT2D eigenvalue weighted by molar-refractivity contribution is 7.26. The molecule has 0 bridgehead atoms. The first-order valence-corrected chi connectivity index (χ1v) is 27.5. The minimum Gasteiger partial charge on any atom is -0.454 e. The van der Waals surface area contributed by atoms with Crippen LogP contribution in [0.2, 0.25) is 0 Å². The first-order valence-electron chi connectivity index (χ1n) is 26.6. The quantitative estimate of drug-likeness (QED) is 0.165.